The van der Waals surface area contributed by atoms with Crippen molar-refractivity contribution in [2.45, 2.75) is 13.0 Å². The lowest BCUT2D eigenvalue weighted by Gasteiger charge is -2.24. The second-order valence-electron chi connectivity index (χ2n) is 6.84. The summed E-state index contributed by atoms with van der Waals surface area (Å²) >= 11 is 0. The summed E-state index contributed by atoms with van der Waals surface area (Å²) in [5, 5.41) is 8.98. The van der Waals surface area contributed by atoms with Gasteiger partial charge in [-0.2, -0.15) is 0 Å². The van der Waals surface area contributed by atoms with Gasteiger partial charge in [-0.1, -0.05) is 24.3 Å². The lowest BCUT2D eigenvalue weighted by Crippen LogP contribution is -2.40. The van der Waals surface area contributed by atoms with Crippen molar-refractivity contribution in [3.8, 4) is 0 Å². The Kier molecular flexibility index (Phi) is 6.26. The number of hydrogen-bond donors (Lipinski definition) is 5. The van der Waals surface area contributed by atoms with E-state index in [1.54, 1.807) is 43.3 Å². The van der Waals surface area contributed by atoms with Gasteiger partial charge in [0.25, 0.3) is 0 Å². The molecule has 0 unspecified atom stereocenters. The van der Waals surface area contributed by atoms with E-state index < -0.39 is 6.04 Å². The van der Waals surface area contributed by atoms with Crippen LogP contribution in [-0.4, -0.2) is 49.7 Å². The van der Waals surface area contributed by atoms with Gasteiger partial charge in [-0.25, -0.2) is 0 Å². The molecule has 0 aliphatic heterocycles. The zero-order valence-corrected chi connectivity index (χ0v) is 16.2. The van der Waals surface area contributed by atoms with Gasteiger partial charge in [-0.3, -0.25) is 14.4 Å². The van der Waals surface area contributed by atoms with Crippen LogP contribution in [0.1, 0.15) is 38.8 Å². The molecule has 0 bridgehead atoms. The van der Waals surface area contributed by atoms with Crippen molar-refractivity contribution in [1.82, 2.24) is 5.32 Å². The number of fused-ring (bicyclic) bond motifs is 2. The van der Waals surface area contributed by atoms with Crippen LogP contribution < -0.4 is 27.4 Å². The summed E-state index contributed by atoms with van der Waals surface area (Å²) in [5.74, 6) is -0.673. The zero-order chi connectivity index (χ0) is 21.0. The number of benzene rings is 2. The summed E-state index contributed by atoms with van der Waals surface area (Å²) in [5.41, 5.74) is 13.7. The highest BCUT2D eigenvalue weighted by Crippen LogP contribution is 2.36. The molecule has 2 aromatic carbocycles. The van der Waals surface area contributed by atoms with E-state index >= 15 is 0 Å². The van der Waals surface area contributed by atoms with E-state index in [0.717, 1.165) is 0 Å². The van der Waals surface area contributed by atoms with E-state index in [-0.39, 0.29) is 17.5 Å². The van der Waals surface area contributed by atoms with Gasteiger partial charge in [0, 0.05) is 48.7 Å². The largest absolute Gasteiger partial charge is 0.383 e. The van der Waals surface area contributed by atoms with E-state index in [2.05, 4.69) is 16.0 Å². The van der Waals surface area contributed by atoms with E-state index in [9.17, 15) is 14.4 Å². The van der Waals surface area contributed by atoms with Crippen molar-refractivity contribution in [3.63, 3.8) is 0 Å². The van der Waals surface area contributed by atoms with Crippen LogP contribution in [0.4, 0.5) is 11.4 Å². The Labute approximate surface area is 169 Å². The van der Waals surface area contributed by atoms with Crippen molar-refractivity contribution in [2.75, 3.05) is 36.8 Å². The van der Waals surface area contributed by atoms with Crippen LogP contribution in [0.2, 0.25) is 0 Å². The van der Waals surface area contributed by atoms with Gasteiger partial charge in [0.2, 0.25) is 5.91 Å². The number of anilines is 2. The van der Waals surface area contributed by atoms with E-state index in [4.69, 9.17) is 11.5 Å². The number of nitrogens with two attached hydrogens (primary N) is 2. The molecule has 1 aliphatic carbocycles. The van der Waals surface area contributed by atoms with Crippen LogP contribution in [0.15, 0.2) is 36.4 Å². The Balaban J connectivity index is 1.92. The third kappa shape index (κ3) is 4.13. The summed E-state index contributed by atoms with van der Waals surface area (Å²) in [7, 11) is 0. The number of amides is 1. The van der Waals surface area contributed by atoms with Crippen molar-refractivity contribution in [2.24, 2.45) is 11.5 Å². The molecule has 1 atom stereocenters. The first-order valence-electron chi connectivity index (χ1n) is 9.52. The number of nitrogens with one attached hydrogen (secondary N) is 3. The molecule has 8 nitrogen and oxygen atoms in total. The summed E-state index contributed by atoms with van der Waals surface area (Å²) < 4.78 is 0. The number of rotatable bonds is 8. The minimum Gasteiger partial charge on any atom is -0.383 e. The normalized spacial score (nSPS) is 13.3. The van der Waals surface area contributed by atoms with Gasteiger partial charge in [-0.15, -0.1) is 0 Å². The highest BCUT2D eigenvalue weighted by molar-refractivity contribution is 6.31. The van der Waals surface area contributed by atoms with Gasteiger partial charge in [0.05, 0.1) is 17.2 Å². The summed E-state index contributed by atoms with van der Waals surface area (Å²) in [6.45, 7) is 3.19. The van der Waals surface area contributed by atoms with Crippen LogP contribution in [0.25, 0.3) is 0 Å². The SMILES string of the molecule is C[C@@H](N)C(=O)NCCNc1ccc(NCCN)c2c1C(=O)c1ccccc1C2=O. The van der Waals surface area contributed by atoms with Gasteiger partial charge >= 0.3 is 0 Å². The lowest BCUT2D eigenvalue weighted by atomic mass is 9.82. The molecule has 0 fully saturated rings. The Hall–Kier alpha value is -3.23. The quantitative estimate of drug-likeness (QED) is 0.354. The van der Waals surface area contributed by atoms with E-state index in [1.807, 2.05) is 0 Å². The Morgan fingerprint density at radius 2 is 1.41 bits per heavy atom. The van der Waals surface area contributed by atoms with E-state index in [1.165, 1.54) is 0 Å². The Morgan fingerprint density at radius 1 is 0.897 bits per heavy atom. The predicted molar refractivity (Wildman–Crippen MR) is 112 cm³/mol. The second-order valence-corrected chi connectivity index (χ2v) is 6.84. The highest BCUT2D eigenvalue weighted by Gasteiger charge is 2.33. The maximum atomic E-state index is 13.2. The fourth-order valence-corrected chi connectivity index (χ4v) is 3.27. The molecule has 2 aromatic rings. The molecule has 0 aromatic heterocycles. The molecule has 1 amide bonds. The third-order valence-corrected chi connectivity index (χ3v) is 4.69. The molecule has 7 N–H and O–H groups in total. The van der Waals surface area contributed by atoms with Crippen molar-refractivity contribution in [1.29, 1.82) is 0 Å². The summed E-state index contributed by atoms with van der Waals surface area (Å²) in [6, 6.07) is 9.72. The van der Waals surface area contributed by atoms with Gasteiger partial charge in [0.15, 0.2) is 11.6 Å². The molecule has 8 heteroatoms. The average Bonchev–Trinajstić information content (AvgIpc) is 2.73. The van der Waals surface area contributed by atoms with Crippen LogP contribution in [0.5, 0.6) is 0 Å². The second kappa shape index (κ2) is 8.85. The third-order valence-electron chi connectivity index (χ3n) is 4.69. The minimum atomic E-state index is -0.591. The monoisotopic (exact) mass is 395 g/mol. The molecule has 152 valence electrons. The van der Waals surface area contributed by atoms with Gasteiger partial charge < -0.3 is 27.4 Å². The molecular formula is C21H25N5O3. The van der Waals surface area contributed by atoms with Crippen LogP contribution in [-0.2, 0) is 4.79 Å². The fraction of sp³-hybridized carbons (Fsp3) is 0.286. The fourth-order valence-electron chi connectivity index (χ4n) is 3.27. The number of carbonyl (C=O) groups is 3. The highest BCUT2D eigenvalue weighted by atomic mass is 16.2. The average molecular weight is 395 g/mol. The van der Waals surface area contributed by atoms with Crippen molar-refractivity contribution >= 4 is 28.8 Å². The smallest absolute Gasteiger partial charge is 0.236 e. The Morgan fingerprint density at radius 3 is 1.90 bits per heavy atom. The van der Waals surface area contributed by atoms with Gasteiger partial charge in [0.1, 0.15) is 0 Å². The zero-order valence-electron chi connectivity index (χ0n) is 16.2. The number of ketones is 2. The first-order chi connectivity index (χ1) is 14.0. The standard InChI is InChI=1S/C21H25N5O3/c1-12(23)21(29)26-11-10-25-16-7-6-15(24-9-8-22)17-18(16)20(28)14-5-3-2-4-13(14)19(17)27/h2-7,12,24-25H,8-11,22-23H2,1H3,(H,26,29)/t12-/m1/s1. The molecule has 0 radical (unpaired) electrons. The minimum absolute atomic E-state index is 0.205. The molecule has 0 saturated heterocycles. The van der Waals surface area contributed by atoms with E-state index in [0.29, 0.717) is 59.8 Å². The predicted octanol–water partition coefficient (Wildman–Crippen LogP) is 0.708. The lowest BCUT2D eigenvalue weighted by molar-refractivity contribution is -0.121. The Bertz CT molecular complexity index is 955. The van der Waals surface area contributed by atoms with Crippen LogP contribution in [0, 0.1) is 0 Å². The maximum absolute atomic E-state index is 13.2. The summed E-state index contributed by atoms with van der Waals surface area (Å²) in [4.78, 5) is 37.9. The maximum Gasteiger partial charge on any atom is 0.236 e. The first kappa shape index (κ1) is 20.5. The van der Waals surface area contributed by atoms with Gasteiger partial charge in [-0.05, 0) is 19.1 Å². The molecule has 29 heavy (non-hydrogen) atoms. The number of hydrogen-bond acceptors (Lipinski definition) is 7. The molecule has 0 heterocycles. The van der Waals surface area contributed by atoms with Crippen molar-refractivity contribution < 1.29 is 14.4 Å². The van der Waals surface area contributed by atoms with Crippen molar-refractivity contribution in [3.05, 3.63) is 58.7 Å². The summed E-state index contributed by atoms with van der Waals surface area (Å²) in [6.07, 6.45) is 0. The topological polar surface area (TPSA) is 139 Å². The molecule has 1 aliphatic rings. The van der Waals surface area contributed by atoms with Crippen LogP contribution >= 0.6 is 0 Å². The molecular weight excluding hydrogens is 370 g/mol. The molecule has 0 saturated carbocycles. The van der Waals surface area contributed by atoms with Crippen LogP contribution in [0.3, 0.4) is 0 Å². The first-order valence-corrected chi connectivity index (χ1v) is 9.52. The molecule has 3 rings (SSSR count). The molecule has 0 spiro atoms. The number of carbonyl (C=O) groups excluding carboxylic acids is 3.